The van der Waals surface area contributed by atoms with Gasteiger partial charge in [-0.1, -0.05) is 6.08 Å². The number of aliphatic hydroxyl groups excluding tert-OH is 1. The molecule has 46 valence electrons. The Bertz CT molecular complexity index is 109. The zero-order chi connectivity index (χ0) is 5.98. The van der Waals surface area contributed by atoms with Crippen LogP contribution in [0.1, 0.15) is 13.3 Å². The number of aliphatic hydroxyl groups is 1. The molecule has 2 nitrogen and oxygen atoms in total. The summed E-state index contributed by atoms with van der Waals surface area (Å²) in [5.74, 6) is 0. The van der Waals surface area contributed by atoms with E-state index in [0.717, 1.165) is 6.42 Å². The van der Waals surface area contributed by atoms with Crippen LogP contribution < -0.4 is 5.32 Å². The molecule has 1 unspecified atom stereocenters. The molecule has 2 heteroatoms. The number of hydrogen-bond donors (Lipinski definition) is 2. The van der Waals surface area contributed by atoms with E-state index in [0.29, 0.717) is 0 Å². The molecule has 0 aromatic heterocycles. The van der Waals surface area contributed by atoms with Gasteiger partial charge in [0.1, 0.15) is 0 Å². The van der Waals surface area contributed by atoms with Crippen LogP contribution in [-0.2, 0) is 0 Å². The fraction of sp³-hybridized carbons (Fsp3) is 0.667. The molecule has 1 aliphatic heterocycles. The predicted molar refractivity (Wildman–Crippen MR) is 32.4 cm³/mol. The Labute approximate surface area is 49.2 Å². The molecule has 0 aromatic carbocycles. The van der Waals surface area contributed by atoms with Crippen LogP contribution in [-0.4, -0.2) is 17.8 Å². The van der Waals surface area contributed by atoms with Crippen LogP contribution in [0.25, 0.3) is 0 Å². The van der Waals surface area contributed by atoms with Crippen LogP contribution in [0.15, 0.2) is 11.8 Å². The maximum absolute atomic E-state index is 8.59. The molecule has 0 spiro atoms. The second-order valence-corrected chi connectivity index (χ2v) is 2.15. The van der Waals surface area contributed by atoms with Crippen LogP contribution in [0, 0.1) is 0 Å². The van der Waals surface area contributed by atoms with Crippen molar-refractivity contribution in [2.75, 3.05) is 6.61 Å². The van der Waals surface area contributed by atoms with Crippen LogP contribution in [0.3, 0.4) is 0 Å². The van der Waals surface area contributed by atoms with Gasteiger partial charge in [0.05, 0.1) is 12.6 Å². The van der Waals surface area contributed by atoms with Gasteiger partial charge in [-0.15, -0.1) is 0 Å². The van der Waals surface area contributed by atoms with Gasteiger partial charge >= 0.3 is 0 Å². The fourth-order valence-corrected chi connectivity index (χ4v) is 0.879. The van der Waals surface area contributed by atoms with Gasteiger partial charge < -0.3 is 10.4 Å². The molecule has 0 saturated carbocycles. The lowest BCUT2D eigenvalue weighted by Crippen LogP contribution is -2.25. The SMILES string of the molecule is CC1=CCC(CO)N1. The average Bonchev–Trinajstić information content (AvgIpc) is 2.14. The Morgan fingerprint density at radius 3 is 3.00 bits per heavy atom. The number of allylic oxidation sites excluding steroid dienone is 1. The van der Waals surface area contributed by atoms with Crippen molar-refractivity contribution in [1.29, 1.82) is 0 Å². The molecule has 2 N–H and O–H groups in total. The van der Waals surface area contributed by atoms with E-state index in [1.165, 1.54) is 5.70 Å². The Hall–Kier alpha value is -0.500. The maximum Gasteiger partial charge on any atom is 0.0635 e. The molecule has 0 bridgehead atoms. The first-order valence-corrected chi connectivity index (χ1v) is 2.87. The van der Waals surface area contributed by atoms with E-state index in [-0.39, 0.29) is 12.6 Å². The molecule has 0 amide bonds. The summed E-state index contributed by atoms with van der Waals surface area (Å²) in [4.78, 5) is 0. The zero-order valence-electron chi connectivity index (χ0n) is 5.02. The summed E-state index contributed by atoms with van der Waals surface area (Å²) in [5.41, 5.74) is 1.18. The second-order valence-electron chi connectivity index (χ2n) is 2.15. The first-order valence-electron chi connectivity index (χ1n) is 2.87. The van der Waals surface area contributed by atoms with Gasteiger partial charge in [-0.3, -0.25) is 0 Å². The normalized spacial score (nSPS) is 27.2. The first-order chi connectivity index (χ1) is 3.83. The average molecular weight is 113 g/mol. The van der Waals surface area contributed by atoms with Gasteiger partial charge in [0.25, 0.3) is 0 Å². The van der Waals surface area contributed by atoms with Crippen molar-refractivity contribution < 1.29 is 5.11 Å². The number of rotatable bonds is 1. The van der Waals surface area contributed by atoms with E-state index in [1.54, 1.807) is 0 Å². The van der Waals surface area contributed by atoms with Crippen molar-refractivity contribution in [1.82, 2.24) is 5.32 Å². The molecular weight excluding hydrogens is 102 g/mol. The summed E-state index contributed by atoms with van der Waals surface area (Å²) in [6.45, 7) is 2.25. The Morgan fingerprint density at radius 2 is 2.75 bits per heavy atom. The molecule has 1 aliphatic rings. The van der Waals surface area contributed by atoms with Gasteiger partial charge in [-0.05, 0) is 13.3 Å². The van der Waals surface area contributed by atoms with E-state index >= 15 is 0 Å². The largest absolute Gasteiger partial charge is 0.394 e. The lowest BCUT2D eigenvalue weighted by molar-refractivity contribution is 0.256. The molecule has 0 radical (unpaired) electrons. The van der Waals surface area contributed by atoms with Crippen molar-refractivity contribution in [3.05, 3.63) is 11.8 Å². The Kier molecular flexibility index (Phi) is 1.53. The van der Waals surface area contributed by atoms with Gasteiger partial charge in [0.15, 0.2) is 0 Å². The van der Waals surface area contributed by atoms with Crippen molar-refractivity contribution in [2.24, 2.45) is 0 Å². The van der Waals surface area contributed by atoms with E-state index in [9.17, 15) is 0 Å². The van der Waals surface area contributed by atoms with E-state index in [4.69, 9.17) is 5.11 Å². The van der Waals surface area contributed by atoms with E-state index < -0.39 is 0 Å². The zero-order valence-corrected chi connectivity index (χ0v) is 5.02. The quantitative estimate of drug-likeness (QED) is 0.510. The Balaban J connectivity index is 2.32. The minimum atomic E-state index is 0.244. The summed E-state index contributed by atoms with van der Waals surface area (Å²) < 4.78 is 0. The van der Waals surface area contributed by atoms with E-state index in [1.807, 2.05) is 6.92 Å². The lowest BCUT2D eigenvalue weighted by Gasteiger charge is -2.06. The number of hydrogen-bond acceptors (Lipinski definition) is 2. The third kappa shape index (κ3) is 1.01. The van der Waals surface area contributed by atoms with E-state index in [2.05, 4.69) is 11.4 Å². The highest BCUT2D eigenvalue weighted by molar-refractivity contribution is 5.05. The number of nitrogens with one attached hydrogen (secondary N) is 1. The summed E-state index contributed by atoms with van der Waals surface area (Å²) in [7, 11) is 0. The molecule has 1 atom stereocenters. The van der Waals surface area contributed by atoms with Crippen molar-refractivity contribution in [2.45, 2.75) is 19.4 Å². The lowest BCUT2D eigenvalue weighted by atomic mass is 10.3. The molecular formula is C6H11NO. The van der Waals surface area contributed by atoms with Crippen LogP contribution in [0.4, 0.5) is 0 Å². The molecule has 0 aromatic rings. The topological polar surface area (TPSA) is 32.3 Å². The van der Waals surface area contributed by atoms with Crippen molar-refractivity contribution in [3.8, 4) is 0 Å². The first kappa shape index (κ1) is 5.63. The monoisotopic (exact) mass is 113 g/mol. The maximum atomic E-state index is 8.59. The van der Waals surface area contributed by atoms with Crippen LogP contribution in [0.2, 0.25) is 0 Å². The summed E-state index contributed by atoms with van der Waals surface area (Å²) >= 11 is 0. The van der Waals surface area contributed by atoms with Gasteiger partial charge in [-0.2, -0.15) is 0 Å². The smallest absolute Gasteiger partial charge is 0.0635 e. The molecule has 0 aliphatic carbocycles. The molecule has 8 heavy (non-hydrogen) atoms. The van der Waals surface area contributed by atoms with Gasteiger partial charge in [0.2, 0.25) is 0 Å². The van der Waals surface area contributed by atoms with Crippen LogP contribution >= 0.6 is 0 Å². The highest BCUT2D eigenvalue weighted by atomic mass is 16.3. The van der Waals surface area contributed by atoms with Crippen molar-refractivity contribution >= 4 is 0 Å². The molecule has 0 fully saturated rings. The summed E-state index contributed by atoms with van der Waals surface area (Å²) in [5, 5.41) is 11.7. The minimum Gasteiger partial charge on any atom is -0.394 e. The van der Waals surface area contributed by atoms with Crippen LogP contribution in [0.5, 0.6) is 0 Å². The standard InChI is InChI=1S/C6H11NO/c1-5-2-3-6(4-8)7-5/h2,6-8H,3-4H2,1H3. The minimum absolute atomic E-state index is 0.244. The third-order valence-corrected chi connectivity index (χ3v) is 1.36. The molecule has 1 rings (SSSR count). The second kappa shape index (κ2) is 2.18. The third-order valence-electron chi connectivity index (χ3n) is 1.36. The van der Waals surface area contributed by atoms with Crippen molar-refractivity contribution in [3.63, 3.8) is 0 Å². The highest BCUT2D eigenvalue weighted by Crippen LogP contribution is 2.05. The fourth-order valence-electron chi connectivity index (χ4n) is 0.879. The summed E-state index contributed by atoms with van der Waals surface area (Å²) in [6.07, 6.45) is 3.07. The van der Waals surface area contributed by atoms with Gasteiger partial charge in [0, 0.05) is 5.70 Å². The Morgan fingerprint density at radius 1 is 2.00 bits per heavy atom. The highest BCUT2D eigenvalue weighted by Gasteiger charge is 2.09. The summed E-state index contributed by atoms with van der Waals surface area (Å²) in [6, 6.07) is 0.287. The molecule has 1 heterocycles. The van der Waals surface area contributed by atoms with Gasteiger partial charge in [-0.25, -0.2) is 0 Å². The molecule has 0 saturated heterocycles. The predicted octanol–water partition coefficient (Wildman–Crippen LogP) is 0.244.